The van der Waals surface area contributed by atoms with Gasteiger partial charge in [0.05, 0.1) is 20.3 Å². The number of ether oxygens (including phenoxy) is 3. The number of hydrogen-bond acceptors (Lipinski definition) is 4. The molecule has 126 valence electrons. The molecule has 0 aliphatic heterocycles. The highest BCUT2D eigenvalue weighted by Gasteiger charge is 2.15. The van der Waals surface area contributed by atoms with Crippen LogP contribution in [0.2, 0.25) is 0 Å². The van der Waals surface area contributed by atoms with E-state index >= 15 is 0 Å². The number of fused-ring (bicyclic) bond motifs is 1. The number of benzene rings is 2. The monoisotopic (exact) mass is 454 g/mol. The molecule has 0 bridgehead atoms. The van der Waals surface area contributed by atoms with Crippen molar-refractivity contribution >= 4 is 44.0 Å². The van der Waals surface area contributed by atoms with Gasteiger partial charge in [-0.25, -0.2) is 0 Å². The summed E-state index contributed by atoms with van der Waals surface area (Å²) in [7, 11) is 3.36. The lowest BCUT2D eigenvalue weighted by Crippen LogP contribution is -2.06. The largest absolute Gasteiger partial charge is 0.497 e. The lowest BCUT2D eigenvalue weighted by Gasteiger charge is -2.14. The van der Waals surface area contributed by atoms with Crippen molar-refractivity contribution in [1.29, 1.82) is 0 Å². The molecule has 3 nitrogen and oxygen atoms in total. The summed E-state index contributed by atoms with van der Waals surface area (Å²) >= 11 is 4.18. The molecule has 0 fully saturated rings. The second-order valence-electron chi connectivity index (χ2n) is 5.64. The first-order valence-electron chi connectivity index (χ1n) is 7.64. The van der Waals surface area contributed by atoms with Gasteiger partial charge in [-0.2, -0.15) is 0 Å². The molecule has 1 heterocycles. The highest BCUT2D eigenvalue weighted by Crippen LogP contribution is 2.43. The zero-order valence-electron chi connectivity index (χ0n) is 14.1. The lowest BCUT2D eigenvalue weighted by molar-refractivity contribution is 0.230. The Labute approximate surface area is 159 Å². The average Bonchev–Trinajstić information content (AvgIpc) is 2.90. The van der Waals surface area contributed by atoms with Crippen LogP contribution in [0.5, 0.6) is 17.2 Å². The third-order valence-corrected chi connectivity index (χ3v) is 6.31. The van der Waals surface area contributed by atoms with E-state index < -0.39 is 0 Å². The van der Waals surface area contributed by atoms with Gasteiger partial charge in [0.25, 0.3) is 0 Å². The van der Waals surface area contributed by atoms with Gasteiger partial charge in [0.1, 0.15) is 5.75 Å². The minimum atomic E-state index is 0.0971. The smallest absolute Gasteiger partial charge is 0.162 e. The van der Waals surface area contributed by atoms with E-state index in [9.17, 15) is 0 Å². The fourth-order valence-electron chi connectivity index (χ4n) is 2.52. The van der Waals surface area contributed by atoms with Gasteiger partial charge in [-0.1, -0.05) is 0 Å². The molecule has 0 amide bonds. The van der Waals surface area contributed by atoms with Gasteiger partial charge in [-0.3, -0.25) is 0 Å². The predicted molar refractivity (Wildman–Crippen MR) is 109 cm³/mol. The van der Waals surface area contributed by atoms with Crippen molar-refractivity contribution in [1.82, 2.24) is 0 Å². The third kappa shape index (κ3) is 3.32. The number of thiophene rings is 1. The SMILES string of the molecule is COc1ccc2c(I)c(-c3ccc(OC)c(OC(C)C)c3)sc2c1. The maximum absolute atomic E-state index is 5.91. The molecule has 3 rings (SSSR count). The van der Waals surface area contributed by atoms with Crippen LogP contribution in [0.15, 0.2) is 36.4 Å². The Kier molecular flexibility index (Phi) is 5.20. The van der Waals surface area contributed by atoms with Crippen molar-refractivity contribution in [3.8, 4) is 27.7 Å². The number of hydrogen-bond donors (Lipinski definition) is 0. The van der Waals surface area contributed by atoms with Gasteiger partial charge in [-0.05, 0) is 78.4 Å². The Morgan fingerprint density at radius 1 is 0.958 bits per heavy atom. The summed E-state index contributed by atoms with van der Waals surface area (Å²) in [6, 6.07) is 12.3. The number of rotatable bonds is 5. The van der Waals surface area contributed by atoms with E-state index in [1.807, 2.05) is 26.0 Å². The Morgan fingerprint density at radius 3 is 2.42 bits per heavy atom. The van der Waals surface area contributed by atoms with Crippen molar-refractivity contribution in [2.24, 2.45) is 0 Å². The summed E-state index contributed by atoms with van der Waals surface area (Å²) in [6.07, 6.45) is 0.0971. The topological polar surface area (TPSA) is 27.7 Å². The van der Waals surface area contributed by atoms with E-state index in [1.165, 1.54) is 18.5 Å². The summed E-state index contributed by atoms with van der Waals surface area (Å²) in [5, 5.41) is 1.25. The van der Waals surface area contributed by atoms with Crippen molar-refractivity contribution in [3.63, 3.8) is 0 Å². The maximum atomic E-state index is 5.91. The number of halogens is 1. The van der Waals surface area contributed by atoms with Gasteiger partial charge in [0, 0.05) is 18.5 Å². The Morgan fingerprint density at radius 2 is 1.75 bits per heavy atom. The quantitative estimate of drug-likeness (QED) is 0.444. The van der Waals surface area contributed by atoms with Crippen LogP contribution in [0.3, 0.4) is 0 Å². The van der Waals surface area contributed by atoms with Crippen molar-refractivity contribution in [3.05, 3.63) is 40.0 Å². The van der Waals surface area contributed by atoms with E-state index in [-0.39, 0.29) is 6.10 Å². The molecule has 0 N–H and O–H groups in total. The lowest BCUT2D eigenvalue weighted by atomic mass is 10.1. The highest BCUT2D eigenvalue weighted by atomic mass is 127. The fourth-order valence-corrected chi connectivity index (χ4v) is 4.94. The molecule has 2 aromatic carbocycles. The van der Waals surface area contributed by atoms with Crippen molar-refractivity contribution in [2.45, 2.75) is 20.0 Å². The van der Waals surface area contributed by atoms with E-state index in [0.717, 1.165) is 22.8 Å². The summed E-state index contributed by atoms with van der Waals surface area (Å²) < 4.78 is 19.1. The van der Waals surface area contributed by atoms with Crippen LogP contribution in [0, 0.1) is 3.57 Å². The molecular formula is C19H19IO3S. The molecule has 1 aromatic heterocycles. The Hall–Kier alpha value is -1.47. The van der Waals surface area contributed by atoms with Crippen LogP contribution in [0.25, 0.3) is 20.5 Å². The predicted octanol–water partition coefficient (Wildman–Crippen LogP) is 5.98. The molecule has 0 saturated carbocycles. The van der Waals surface area contributed by atoms with Gasteiger partial charge < -0.3 is 14.2 Å². The van der Waals surface area contributed by atoms with Crippen molar-refractivity contribution < 1.29 is 14.2 Å². The minimum Gasteiger partial charge on any atom is -0.497 e. The van der Waals surface area contributed by atoms with Crippen LogP contribution in [0.1, 0.15) is 13.8 Å². The Balaban J connectivity index is 2.11. The van der Waals surface area contributed by atoms with Crippen LogP contribution < -0.4 is 14.2 Å². The minimum absolute atomic E-state index is 0.0971. The van der Waals surface area contributed by atoms with E-state index in [4.69, 9.17) is 14.2 Å². The molecule has 5 heteroatoms. The molecule has 0 aliphatic carbocycles. The molecule has 24 heavy (non-hydrogen) atoms. The summed E-state index contributed by atoms with van der Waals surface area (Å²) in [6.45, 7) is 4.03. The maximum Gasteiger partial charge on any atom is 0.162 e. The van der Waals surface area contributed by atoms with Crippen LogP contribution in [-0.4, -0.2) is 20.3 Å². The molecule has 0 spiro atoms. The van der Waals surface area contributed by atoms with Crippen LogP contribution in [-0.2, 0) is 0 Å². The van der Waals surface area contributed by atoms with Gasteiger partial charge in [0.15, 0.2) is 11.5 Å². The van der Waals surface area contributed by atoms with Crippen LogP contribution in [0.4, 0.5) is 0 Å². The standard InChI is InChI=1S/C19H19IO3S/c1-11(2)23-16-9-12(5-8-15(16)22-4)19-18(20)14-7-6-13(21-3)10-17(14)24-19/h5-11H,1-4H3. The van der Waals surface area contributed by atoms with Crippen molar-refractivity contribution in [2.75, 3.05) is 14.2 Å². The zero-order valence-corrected chi connectivity index (χ0v) is 17.0. The molecule has 0 unspecified atom stereocenters. The van der Waals surface area contributed by atoms with Gasteiger partial charge in [-0.15, -0.1) is 11.3 Å². The molecule has 0 atom stereocenters. The normalized spacial score (nSPS) is 11.1. The molecule has 0 radical (unpaired) electrons. The highest BCUT2D eigenvalue weighted by molar-refractivity contribution is 14.1. The van der Waals surface area contributed by atoms with E-state index in [0.29, 0.717) is 0 Å². The van der Waals surface area contributed by atoms with E-state index in [1.54, 1.807) is 25.6 Å². The first-order valence-corrected chi connectivity index (χ1v) is 9.54. The zero-order chi connectivity index (χ0) is 17.3. The summed E-state index contributed by atoms with van der Waals surface area (Å²) in [5.41, 5.74) is 1.14. The second-order valence-corrected chi connectivity index (χ2v) is 7.77. The fraction of sp³-hybridized carbons (Fsp3) is 0.263. The molecule has 0 saturated heterocycles. The van der Waals surface area contributed by atoms with Gasteiger partial charge in [0.2, 0.25) is 0 Å². The third-order valence-electron chi connectivity index (χ3n) is 3.63. The molecule has 0 aliphatic rings. The first kappa shape index (κ1) is 17.4. The van der Waals surface area contributed by atoms with E-state index in [2.05, 4.69) is 46.9 Å². The number of methoxy groups -OCH3 is 2. The average molecular weight is 454 g/mol. The second kappa shape index (κ2) is 7.19. The summed E-state index contributed by atoms with van der Waals surface area (Å²) in [5.74, 6) is 2.41. The molecule has 3 aromatic rings. The summed E-state index contributed by atoms with van der Waals surface area (Å²) in [4.78, 5) is 1.23. The van der Waals surface area contributed by atoms with Gasteiger partial charge >= 0.3 is 0 Å². The first-order chi connectivity index (χ1) is 11.5. The Bertz CT molecular complexity index is 870. The molecular weight excluding hydrogens is 435 g/mol. The van der Waals surface area contributed by atoms with Crippen LogP contribution >= 0.6 is 33.9 Å².